The highest BCUT2D eigenvalue weighted by molar-refractivity contribution is 5.94. The van der Waals surface area contributed by atoms with Crippen molar-refractivity contribution in [3.63, 3.8) is 0 Å². The van der Waals surface area contributed by atoms with Gasteiger partial charge in [0.25, 0.3) is 5.91 Å². The molecule has 1 aliphatic heterocycles. The minimum atomic E-state index is -0.451. The molecule has 0 radical (unpaired) electrons. The first-order valence-corrected chi connectivity index (χ1v) is 8.86. The van der Waals surface area contributed by atoms with Crippen LogP contribution in [0.15, 0.2) is 42.9 Å². The average molecular weight is 356 g/mol. The molecule has 138 valence electrons. The fraction of sp³-hybridized carbons (Fsp3) is 0.421. The lowest BCUT2D eigenvalue weighted by Crippen LogP contribution is -2.41. The van der Waals surface area contributed by atoms with Crippen LogP contribution in [0.5, 0.6) is 5.75 Å². The zero-order chi connectivity index (χ0) is 18.4. The SMILES string of the molecule is C[C@H](O)CNc1ccc(C(=O)N2CCC(Oc3cccnc3)CC2)cn1. The van der Waals surface area contributed by atoms with E-state index in [1.54, 1.807) is 37.6 Å². The number of aliphatic hydroxyl groups is 1. The summed E-state index contributed by atoms with van der Waals surface area (Å²) in [7, 11) is 0. The number of aliphatic hydroxyl groups excluding tert-OH is 1. The molecular formula is C19H24N4O3. The number of amides is 1. The number of ether oxygens (including phenoxy) is 1. The molecule has 2 aromatic heterocycles. The molecule has 1 atom stereocenters. The van der Waals surface area contributed by atoms with Crippen molar-refractivity contribution in [3.05, 3.63) is 48.4 Å². The third-order valence-electron chi connectivity index (χ3n) is 4.26. The normalized spacial score (nSPS) is 16.2. The van der Waals surface area contributed by atoms with E-state index in [9.17, 15) is 9.90 Å². The van der Waals surface area contributed by atoms with E-state index in [0.717, 1.165) is 18.6 Å². The lowest BCUT2D eigenvalue weighted by atomic mass is 10.1. The quantitative estimate of drug-likeness (QED) is 0.823. The van der Waals surface area contributed by atoms with Gasteiger partial charge >= 0.3 is 0 Å². The zero-order valence-corrected chi connectivity index (χ0v) is 14.8. The number of hydrogen-bond acceptors (Lipinski definition) is 6. The highest BCUT2D eigenvalue weighted by Gasteiger charge is 2.25. The molecule has 2 N–H and O–H groups in total. The van der Waals surface area contributed by atoms with Crippen LogP contribution in [0.4, 0.5) is 5.82 Å². The van der Waals surface area contributed by atoms with Crippen molar-refractivity contribution >= 4 is 11.7 Å². The molecule has 7 nitrogen and oxygen atoms in total. The highest BCUT2D eigenvalue weighted by atomic mass is 16.5. The van der Waals surface area contributed by atoms with E-state index in [2.05, 4.69) is 15.3 Å². The molecule has 0 bridgehead atoms. The number of piperidine rings is 1. The van der Waals surface area contributed by atoms with E-state index >= 15 is 0 Å². The van der Waals surface area contributed by atoms with Gasteiger partial charge in [-0.2, -0.15) is 0 Å². The number of carbonyl (C=O) groups excluding carboxylic acids is 1. The molecule has 1 saturated heterocycles. The van der Waals surface area contributed by atoms with Gasteiger partial charge in [-0.3, -0.25) is 9.78 Å². The van der Waals surface area contributed by atoms with E-state index in [4.69, 9.17) is 4.74 Å². The number of anilines is 1. The fourth-order valence-electron chi connectivity index (χ4n) is 2.85. The summed E-state index contributed by atoms with van der Waals surface area (Å²) in [6.45, 7) is 3.44. The first-order valence-electron chi connectivity index (χ1n) is 8.86. The minimum absolute atomic E-state index is 0.0144. The van der Waals surface area contributed by atoms with Crippen LogP contribution >= 0.6 is 0 Å². The minimum Gasteiger partial charge on any atom is -0.489 e. The molecule has 3 heterocycles. The monoisotopic (exact) mass is 356 g/mol. The number of nitrogens with zero attached hydrogens (tertiary/aromatic N) is 3. The van der Waals surface area contributed by atoms with Crippen molar-refractivity contribution < 1.29 is 14.6 Å². The summed E-state index contributed by atoms with van der Waals surface area (Å²) in [4.78, 5) is 22.7. The van der Waals surface area contributed by atoms with E-state index in [-0.39, 0.29) is 12.0 Å². The van der Waals surface area contributed by atoms with Gasteiger partial charge in [0.2, 0.25) is 0 Å². The van der Waals surface area contributed by atoms with Gasteiger partial charge in [0.1, 0.15) is 17.7 Å². The summed E-state index contributed by atoms with van der Waals surface area (Å²) in [5.41, 5.74) is 0.569. The van der Waals surface area contributed by atoms with Gasteiger partial charge in [0.05, 0.1) is 17.9 Å². The highest BCUT2D eigenvalue weighted by Crippen LogP contribution is 2.19. The van der Waals surface area contributed by atoms with Crippen LogP contribution in [-0.2, 0) is 0 Å². The lowest BCUT2D eigenvalue weighted by molar-refractivity contribution is 0.0594. The number of pyridine rings is 2. The maximum Gasteiger partial charge on any atom is 0.255 e. The number of rotatable bonds is 6. The Balaban J connectivity index is 1.50. The van der Waals surface area contributed by atoms with Crippen molar-refractivity contribution in [1.29, 1.82) is 0 Å². The van der Waals surface area contributed by atoms with Gasteiger partial charge in [-0.25, -0.2) is 4.98 Å². The first-order chi connectivity index (χ1) is 12.6. The smallest absolute Gasteiger partial charge is 0.255 e. The second-order valence-corrected chi connectivity index (χ2v) is 6.46. The second-order valence-electron chi connectivity index (χ2n) is 6.46. The number of likely N-dealkylation sites (tertiary alicyclic amines) is 1. The number of hydrogen-bond donors (Lipinski definition) is 2. The van der Waals surface area contributed by atoms with Crippen molar-refractivity contribution in [2.45, 2.75) is 32.0 Å². The zero-order valence-electron chi connectivity index (χ0n) is 14.8. The molecule has 0 aliphatic carbocycles. The molecule has 3 rings (SSSR count). The molecule has 7 heteroatoms. The van der Waals surface area contributed by atoms with Gasteiger partial charge in [-0.15, -0.1) is 0 Å². The lowest BCUT2D eigenvalue weighted by Gasteiger charge is -2.32. The second kappa shape index (κ2) is 8.62. The average Bonchev–Trinajstić information content (AvgIpc) is 2.68. The predicted molar refractivity (Wildman–Crippen MR) is 98.2 cm³/mol. The Hall–Kier alpha value is -2.67. The Kier molecular flexibility index (Phi) is 6.01. The maximum atomic E-state index is 12.6. The van der Waals surface area contributed by atoms with Crippen LogP contribution in [0.25, 0.3) is 0 Å². The standard InChI is InChI=1S/C19H24N4O3/c1-14(24)11-21-18-5-4-15(12-22-18)19(25)23-9-6-16(7-10-23)26-17-3-2-8-20-13-17/h2-5,8,12-14,16,24H,6-7,9-11H2,1H3,(H,21,22)/t14-/m0/s1. The summed E-state index contributed by atoms with van der Waals surface area (Å²) < 4.78 is 5.91. The molecule has 2 aromatic rings. The Morgan fingerprint density at radius 1 is 1.35 bits per heavy atom. The van der Waals surface area contributed by atoms with E-state index in [1.165, 1.54) is 0 Å². The summed E-state index contributed by atoms with van der Waals surface area (Å²) in [5.74, 6) is 1.40. The number of aromatic nitrogens is 2. The van der Waals surface area contributed by atoms with Crippen molar-refractivity contribution in [1.82, 2.24) is 14.9 Å². The van der Waals surface area contributed by atoms with Crippen LogP contribution in [0.3, 0.4) is 0 Å². The van der Waals surface area contributed by atoms with Crippen LogP contribution in [0.2, 0.25) is 0 Å². The fourth-order valence-corrected chi connectivity index (χ4v) is 2.85. The third-order valence-corrected chi connectivity index (χ3v) is 4.26. The molecular weight excluding hydrogens is 332 g/mol. The van der Waals surface area contributed by atoms with Gasteiger partial charge in [0.15, 0.2) is 0 Å². The molecule has 0 saturated carbocycles. The van der Waals surface area contributed by atoms with Gasteiger partial charge in [-0.05, 0) is 31.2 Å². The molecule has 1 aliphatic rings. The summed E-state index contributed by atoms with van der Waals surface area (Å²) >= 11 is 0. The van der Waals surface area contributed by atoms with Gasteiger partial charge in [0, 0.05) is 44.9 Å². The van der Waals surface area contributed by atoms with E-state index < -0.39 is 6.10 Å². The molecule has 0 aromatic carbocycles. The molecule has 26 heavy (non-hydrogen) atoms. The molecule has 0 spiro atoms. The Morgan fingerprint density at radius 3 is 2.77 bits per heavy atom. The molecule has 0 unspecified atom stereocenters. The van der Waals surface area contributed by atoms with Gasteiger partial charge in [-0.1, -0.05) is 0 Å². The Morgan fingerprint density at radius 2 is 2.15 bits per heavy atom. The van der Waals surface area contributed by atoms with Crippen molar-refractivity contribution in [2.24, 2.45) is 0 Å². The van der Waals surface area contributed by atoms with Gasteiger partial charge < -0.3 is 20.1 Å². The summed E-state index contributed by atoms with van der Waals surface area (Å²) in [6.07, 6.45) is 6.24. The topological polar surface area (TPSA) is 87.6 Å². The molecule has 1 fully saturated rings. The van der Waals surface area contributed by atoms with Crippen molar-refractivity contribution in [2.75, 3.05) is 25.0 Å². The Bertz CT molecular complexity index is 698. The Labute approximate surface area is 153 Å². The predicted octanol–water partition coefficient (Wildman–Crippen LogP) is 1.95. The van der Waals surface area contributed by atoms with Crippen LogP contribution in [0.1, 0.15) is 30.1 Å². The summed E-state index contributed by atoms with van der Waals surface area (Å²) in [5, 5.41) is 12.3. The molecule has 1 amide bonds. The van der Waals surface area contributed by atoms with Crippen LogP contribution in [-0.4, -0.2) is 57.7 Å². The number of carbonyl (C=O) groups is 1. The third kappa shape index (κ3) is 4.92. The van der Waals surface area contributed by atoms with Crippen LogP contribution < -0.4 is 10.1 Å². The van der Waals surface area contributed by atoms with E-state index in [1.807, 2.05) is 17.0 Å². The first kappa shape index (κ1) is 18.1. The summed E-state index contributed by atoms with van der Waals surface area (Å²) in [6, 6.07) is 7.26. The van der Waals surface area contributed by atoms with Crippen molar-refractivity contribution in [3.8, 4) is 5.75 Å². The van der Waals surface area contributed by atoms with Crippen LogP contribution in [0, 0.1) is 0 Å². The van der Waals surface area contributed by atoms with E-state index in [0.29, 0.717) is 31.0 Å². The number of nitrogens with one attached hydrogen (secondary N) is 1. The largest absolute Gasteiger partial charge is 0.489 e. The maximum absolute atomic E-state index is 12.6.